The summed E-state index contributed by atoms with van der Waals surface area (Å²) in [6.07, 6.45) is 9.63. The van der Waals surface area contributed by atoms with Gasteiger partial charge in [0.25, 0.3) is 0 Å². The van der Waals surface area contributed by atoms with Crippen LogP contribution in [-0.4, -0.2) is 0 Å². The zero-order valence-electron chi connectivity index (χ0n) is 8.34. The molecule has 0 aromatic carbocycles. The zero-order chi connectivity index (χ0) is 9.40. The van der Waals surface area contributed by atoms with Crippen LogP contribution in [0, 0.1) is 5.92 Å². The molecule has 0 aromatic rings. The lowest BCUT2D eigenvalue weighted by Crippen LogP contribution is -1.86. The van der Waals surface area contributed by atoms with Crippen molar-refractivity contribution >= 4 is 0 Å². The normalized spacial score (nSPS) is 14.0. The van der Waals surface area contributed by atoms with Crippen LogP contribution in [0.3, 0.4) is 0 Å². The molecule has 0 amide bonds. The lowest BCUT2D eigenvalue weighted by atomic mass is 10.0. The van der Waals surface area contributed by atoms with Crippen LogP contribution in [-0.2, 0) is 0 Å². The fraction of sp³-hybridized carbons (Fsp3) is 0.500. The first kappa shape index (κ1) is 11.2. The molecular weight excluding hydrogens is 144 g/mol. The van der Waals surface area contributed by atoms with Gasteiger partial charge in [0.15, 0.2) is 0 Å². The topological polar surface area (TPSA) is 0 Å². The Morgan fingerprint density at radius 1 is 1.42 bits per heavy atom. The lowest BCUT2D eigenvalue weighted by Gasteiger charge is -2.02. The minimum atomic E-state index is 0.637. The van der Waals surface area contributed by atoms with Crippen molar-refractivity contribution in [1.29, 1.82) is 0 Å². The van der Waals surface area contributed by atoms with Crippen molar-refractivity contribution in [3.8, 4) is 0 Å². The first-order valence-corrected chi connectivity index (χ1v) is 4.59. The third-order valence-corrected chi connectivity index (χ3v) is 1.98. The van der Waals surface area contributed by atoms with Crippen LogP contribution in [0.2, 0.25) is 0 Å². The molecule has 0 aliphatic heterocycles. The predicted molar refractivity (Wildman–Crippen MR) is 57.2 cm³/mol. The van der Waals surface area contributed by atoms with Gasteiger partial charge in [0.05, 0.1) is 0 Å². The summed E-state index contributed by atoms with van der Waals surface area (Å²) >= 11 is 0. The van der Waals surface area contributed by atoms with E-state index in [4.69, 9.17) is 0 Å². The van der Waals surface area contributed by atoms with Crippen LogP contribution in [0.4, 0.5) is 0 Å². The van der Waals surface area contributed by atoms with E-state index < -0.39 is 0 Å². The molecule has 0 fully saturated rings. The van der Waals surface area contributed by atoms with Gasteiger partial charge in [-0.15, -0.1) is 13.2 Å². The molecule has 0 nitrogen and oxygen atoms in total. The molecule has 0 heteroatoms. The summed E-state index contributed by atoms with van der Waals surface area (Å²) in [4.78, 5) is 0. The largest absolute Gasteiger partial charge is 0.103 e. The first-order valence-electron chi connectivity index (χ1n) is 4.59. The minimum absolute atomic E-state index is 0.637. The van der Waals surface area contributed by atoms with Crippen molar-refractivity contribution < 1.29 is 0 Å². The van der Waals surface area contributed by atoms with Crippen molar-refractivity contribution in [2.75, 3.05) is 0 Å². The Balaban J connectivity index is 3.58. The maximum absolute atomic E-state index is 3.76. The summed E-state index contributed by atoms with van der Waals surface area (Å²) in [6.45, 7) is 11.8. The summed E-state index contributed by atoms with van der Waals surface area (Å²) in [5.41, 5.74) is 1.42. The van der Waals surface area contributed by atoms with Crippen LogP contribution < -0.4 is 0 Å². The maximum Gasteiger partial charge on any atom is -0.0144 e. The highest BCUT2D eigenvalue weighted by molar-refractivity contribution is 5.02. The summed E-state index contributed by atoms with van der Waals surface area (Å²) in [7, 11) is 0. The van der Waals surface area contributed by atoms with Crippen molar-refractivity contribution in [2.45, 2.75) is 33.1 Å². The molecule has 0 bridgehead atoms. The molecule has 0 saturated heterocycles. The smallest absolute Gasteiger partial charge is 0.0144 e. The highest BCUT2D eigenvalue weighted by Crippen LogP contribution is 2.09. The van der Waals surface area contributed by atoms with Crippen LogP contribution >= 0.6 is 0 Å². The number of rotatable bonds is 6. The molecule has 0 saturated carbocycles. The molecular formula is C12H20. The molecule has 12 heavy (non-hydrogen) atoms. The molecule has 1 atom stereocenters. The van der Waals surface area contributed by atoms with E-state index in [0.29, 0.717) is 5.92 Å². The van der Waals surface area contributed by atoms with E-state index in [1.165, 1.54) is 12.0 Å². The fourth-order valence-electron chi connectivity index (χ4n) is 1.02. The molecule has 0 radical (unpaired) electrons. The molecule has 0 aliphatic rings. The molecule has 0 aliphatic carbocycles. The van der Waals surface area contributed by atoms with Crippen LogP contribution in [0.1, 0.15) is 33.1 Å². The molecule has 68 valence electrons. The second kappa shape index (κ2) is 6.90. The monoisotopic (exact) mass is 164 g/mol. The summed E-state index contributed by atoms with van der Waals surface area (Å²) < 4.78 is 0. The second-order valence-corrected chi connectivity index (χ2v) is 3.33. The Hall–Kier alpha value is -0.780. The quantitative estimate of drug-likeness (QED) is 0.518. The Morgan fingerprint density at radius 3 is 2.58 bits per heavy atom. The van der Waals surface area contributed by atoms with Crippen molar-refractivity contribution in [1.82, 2.24) is 0 Å². The minimum Gasteiger partial charge on any atom is -0.103 e. The second-order valence-electron chi connectivity index (χ2n) is 3.33. The van der Waals surface area contributed by atoms with Gasteiger partial charge in [-0.25, -0.2) is 0 Å². The van der Waals surface area contributed by atoms with Gasteiger partial charge in [0.2, 0.25) is 0 Å². The Bertz CT molecular complexity index is 163. The number of allylic oxidation sites excluding steroid dienone is 4. The standard InChI is InChI=1S/C12H20/c1-5-8-12(4)10-7-9-11(3)6-2/h5-6,10-11H,1-2,7-9H2,3-4H3/b12-10+. The molecule has 0 rings (SSSR count). The summed E-state index contributed by atoms with van der Waals surface area (Å²) in [5, 5.41) is 0. The van der Waals surface area contributed by atoms with Crippen LogP contribution in [0.5, 0.6) is 0 Å². The Labute approximate surface area is 76.7 Å². The maximum atomic E-state index is 3.76. The molecule has 0 spiro atoms. The lowest BCUT2D eigenvalue weighted by molar-refractivity contribution is 0.657. The van der Waals surface area contributed by atoms with Gasteiger partial charge >= 0.3 is 0 Å². The van der Waals surface area contributed by atoms with E-state index >= 15 is 0 Å². The van der Waals surface area contributed by atoms with E-state index in [1.807, 2.05) is 12.2 Å². The highest BCUT2D eigenvalue weighted by atomic mass is 14.0. The third kappa shape index (κ3) is 5.96. The van der Waals surface area contributed by atoms with Crippen molar-refractivity contribution in [2.24, 2.45) is 5.92 Å². The van der Waals surface area contributed by atoms with Gasteiger partial charge < -0.3 is 0 Å². The number of hydrogen-bond donors (Lipinski definition) is 0. The third-order valence-electron chi connectivity index (χ3n) is 1.98. The predicted octanol–water partition coefficient (Wildman–Crippen LogP) is 4.11. The van der Waals surface area contributed by atoms with Crippen molar-refractivity contribution in [3.05, 3.63) is 37.0 Å². The van der Waals surface area contributed by atoms with Gasteiger partial charge in [0.1, 0.15) is 0 Å². The molecule has 0 aromatic heterocycles. The van der Waals surface area contributed by atoms with Gasteiger partial charge in [-0.05, 0) is 32.1 Å². The van der Waals surface area contributed by atoms with Crippen molar-refractivity contribution in [3.63, 3.8) is 0 Å². The Morgan fingerprint density at radius 2 is 2.08 bits per heavy atom. The van der Waals surface area contributed by atoms with E-state index in [0.717, 1.165) is 12.8 Å². The van der Waals surface area contributed by atoms with E-state index in [2.05, 4.69) is 33.1 Å². The zero-order valence-corrected chi connectivity index (χ0v) is 8.34. The van der Waals surface area contributed by atoms with E-state index in [1.54, 1.807) is 0 Å². The Kier molecular flexibility index (Phi) is 6.45. The number of hydrogen-bond acceptors (Lipinski definition) is 0. The first-order chi connectivity index (χ1) is 5.70. The average molecular weight is 164 g/mol. The van der Waals surface area contributed by atoms with Gasteiger partial charge in [0, 0.05) is 0 Å². The van der Waals surface area contributed by atoms with Crippen LogP contribution in [0.15, 0.2) is 37.0 Å². The van der Waals surface area contributed by atoms with Gasteiger partial charge in [-0.3, -0.25) is 0 Å². The molecule has 1 unspecified atom stereocenters. The van der Waals surface area contributed by atoms with Gasteiger partial charge in [-0.2, -0.15) is 0 Å². The molecule has 0 N–H and O–H groups in total. The summed E-state index contributed by atoms with van der Waals surface area (Å²) in [5.74, 6) is 0.637. The molecule has 0 heterocycles. The fourth-order valence-corrected chi connectivity index (χ4v) is 1.02. The SMILES string of the molecule is C=CC/C(C)=C/CCC(C)C=C. The van der Waals surface area contributed by atoms with E-state index in [9.17, 15) is 0 Å². The average Bonchev–Trinajstić information content (AvgIpc) is 2.04. The van der Waals surface area contributed by atoms with Gasteiger partial charge in [-0.1, -0.05) is 30.7 Å². The highest BCUT2D eigenvalue weighted by Gasteiger charge is 1.93. The van der Waals surface area contributed by atoms with Crippen LogP contribution in [0.25, 0.3) is 0 Å². The summed E-state index contributed by atoms with van der Waals surface area (Å²) in [6, 6.07) is 0. The van der Waals surface area contributed by atoms with E-state index in [-0.39, 0.29) is 0 Å².